The van der Waals surface area contributed by atoms with Gasteiger partial charge in [-0.05, 0) is 25.3 Å². The van der Waals surface area contributed by atoms with Gasteiger partial charge in [0, 0.05) is 38.5 Å². The summed E-state index contributed by atoms with van der Waals surface area (Å²) in [5.41, 5.74) is -0.276. The Kier molecular flexibility index (Phi) is 4.58. The number of carbonyl (C=O) groups excluding carboxylic acids is 1. The van der Waals surface area contributed by atoms with Gasteiger partial charge in [0.25, 0.3) is 0 Å². The molecule has 2 aliphatic rings. The molecule has 8 heteroatoms. The normalized spacial score (nSPS) is 28.0. The Bertz CT molecular complexity index is 739. The van der Waals surface area contributed by atoms with Gasteiger partial charge in [-0.2, -0.15) is 0 Å². The van der Waals surface area contributed by atoms with Crippen molar-refractivity contribution in [2.24, 2.45) is 0 Å². The topological polar surface area (TPSA) is 82.4 Å². The third-order valence-electron chi connectivity index (χ3n) is 5.56. The number of likely N-dealkylation sites (tertiary alicyclic amines) is 1. The third-order valence-corrected chi connectivity index (χ3v) is 5.56. The molecule has 0 radical (unpaired) electrons. The van der Waals surface area contributed by atoms with Crippen LogP contribution < -0.4 is 4.74 Å². The van der Waals surface area contributed by atoms with E-state index in [0.717, 1.165) is 25.7 Å². The highest BCUT2D eigenvalue weighted by atomic mass is 16.5. The minimum atomic E-state index is -0.276. The van der Waals surface area contributed by atoms with Gasteiger partial charge in [-0.3, -0.25) is 4.79 Å². The van der Waals surface area contributed by atoms with Crippen molar-refractivity contribution in [1.82, 2.24) is 24.9 Å². The average Bonchev–Trinajstić information content (AvgIpc) is 3.30. The fourth-order valence-corrected chi connectivity index (χ4v) is 4.20. The lowest BCUT2D eigenvalue weighted by atomic mass is 9.79. The second kappa shape index (κ2) is 7.03. The van der Waals surface area contributed by atoms with Gasteiger partial charge in [-0.1, -0.05) is 11.3 Å². The highest BCUT2D eigenvalue weighted by molar-refractivity contribution is 5.77. The minimum absolute atomic E-state index is 0.00554. The Hall–Kier alpha value is -2.48. The number of amides is 1. The number of pyridine rings is 1. The lowest BCUT2D eigenvalue weighted by molar-refractivity contribution is -0.140. The number of methoxy groups -OCH3 is 1. The fraction of sp³-hybridized carbons (Fsp3) is 0.556. The standard InChI is InChI=1S/C18H23N5O3/c1-25-18-6-5-14(26-16-4-2-3-8-19-16)12-15(18)23(10-7-18)17(24)13-22-11-9-20-21-22/h2-4,8-9,11,14-15H,5-7,10,12-13H2,1H3/t14-,15-,18+/m1/s1. The van der Waals surface area contributed by atoms with Crippen LogP contribution >= 0.6 is 0 Å². The third kappa shape index (κ3) is 3.16. The van der Waals surface area contributed by atoms with Gasteiger partial charge >= 0.3 is 0 Å². The van der Waals surface area contributed by atoms with Gasteiger partial charge in [0.05, 0.1) is 17.8 Å². The lowest BCUT2D eigenvalue weighted by Crippen LogP contribution is -2.54. The number of carbonyl (C=O) groups is 1. The summed E-state index contributed by atoms with van der Waals surface area (Å²) in [4.78, 5) is 19.0. The second-order valence-corrected chi connectivity index (χ2v) is 6.90. The van der Waals surface area contributed by atoms with E-state index in [4.69, 9.17) is 9.47 Å². The first-order valence-electron chi connectivity index (χ1n) is 8.96. The first-order valence-corrected chi connectivity index (χ1v) is 8.96. The second-order valence-electron chi connectivity index (χ2n) is 6.90. The van der Waals surface area contributed by atoms with Crippen molar-refractivity contribution in [2.45, 2.75) is 50.0 Å². The van der Waals surface area contributed by atoms with Crippen molar-refractivity contribution >= 4 is 5.91 Å². The largest absolute Gasteiger partial charge is 0.474 e. The zero-order valence-electron chi connectivity index (χ0n) is 14.8. The summed E-state index contributed by atoms with van der Waals surface area (Å²) in [6.45, 7) is 0.893. The SMILES string of the molecule is CO[C@]12CC[C@@H](Oc3ccccn3)C[C@H]1N(C(=O)Cn1ccnn1)CC2. The van der Waals surface area contributed by atoms with E-state index in [1.165, 1.54) is 0 Å². The molecule has 3 heterocycles. The molecular weight excluding hydrogens is 334 g/mol. The monoisotopic (exact) mass is 357 g/mol. The maximum atomic E-state index is 12.8. The Morgan fingerprint density at radius 2 is 2.27 bits per heavy atom. The van der Waals surface area contributed by atoms with Crippen LogP contribution in [0.1, 0.15) is 25.7 Å². The van der Waals surface area contributed by atoms with Gasteiger partial charge in [0.1, 0.15) is 12.6 Å². The maximum Gasteiger partial charge on any atom is 0.244 e. The van der Waals surface area contributed by atoms with E-state index in [-0.39, 0.29) is 30.2 Å². The summed E-state index contributed by atoms with van der Waals surface area (Å²) in [5.74, 6) is 0.666. The van der Waals surface area contributed by atoms with E-state index in [1.807, 2.05) is 23.1 Å². The summed E-state index contributed by atoms with van der Waals surface area (Å²) < 4.78 is 13.5. The van der Waals surface area contributed by atoms with Gasteiger partial charge in [0.15, 0.2) is 0 Å². The zero-order chi connectivity index (χ0) is 18.0. The molecular formula is C18H23N5O3. The van der Waals surface area contributed by atoms with Crippen LogP contribution in [0.2, 0.25) is 0 Å². The predicted octanol–water partition coefficient (Wildman–Crippen LogP) is 1.29. The Morgan fingerprint density at radius 3 is 3.00 bits per heavy atom. The first-order chi connectivity index (χ1) is 12.7. The van der Waals surface area contributed by atoms with Crippen LogP contribution in [0.4, 0.5) is 0 Å². The molecule has 26 heavy (non-hydrogen) atoms. The molecule has 0 unspecified atom stereocenters. The molecule has 2 aromatic heterocycles. The predicted molar refractivity (Wildman–Crippen MR) is 92.4 cm³/mol. The quantitative estimate of drug-likeness (QED) is 0.802. The Balaban J connectivity index is 1.48. The van der Waals surface area contributed by atoms with Crippen molar-refractivity contribution in [2.75, 3.05) is 13.7 Å². The van der Waals surface area contributed by atoms with Crippen LogP contribution in [0.25, 0.3) is 0 Å². The lowest BCUT2D eigenvalue weighted by Gasteiger charge is -2.43. The molecule has 138 valence electrons. The highest BCUT2D eigenvalue weighted by Crippen LogP contribution is 2.43. The number of ether oxygens (including phenoxy) is 2. The molecule has 2 fully saturated rings. The van der Waals surface area contributed by atoms with E-state index < -0.39 is 0 Å². The smallest absolute Gasteiger partial charge is 0.244 e. The Labute approximate surface area is 152 Å². The summed E-state index contributed by atoms with van der Waals surface area (Å²) in [6.07, 6.45) is 8.39. The molecule has 0 N–H and O–H groups in total. The van der Waals surface area contributed by atoms with Gasteiger partial charge < -0.3 is 14.4 Å². The first kappa shape index (κ1) is 17.0. The molecule has 2 aromatic rings. The molecule has 1 saturated carbocycles. The summed E-state index contributed by atoms with van der Waals surface area (Å²) >= 11 is 0. The molecule has 0 bridgehead atoms. The number of aromatic nitrogens is 4. The fourth-order valence-electron chi connectivity index (χ4n) is 4.20. The van der Waals surface area contributed by atoms with Gasteiger partial charge in [0.2, 0.25) is 11.8 Å². The molecule has 3 atom stereocenters. The summed E-state index contributed by atoms with van der Waals surface area (Å²) in [7, 11) is 1.75. The molecule has 0 aromatic carbocycles. The molecule has 4 rings (SSSR count). The van der Waals surface area contributed by atoms with Crippen molar-refractivity contribution in [3.63, 3.8) is 0 Å². The summed E-state index contributed by atoms with van der Waals surface area (Å²) in [6, 6.07) is 5.64. The van der Waals surface area contributed by atoms with Crippen LogP contribution in [-0.4, -0.2) is 62.2 Å². The van der Waals surface area contributed by atoms with E-state index in [0.29, 0.717) is 12.4 Å². The van der Waals surface area contributed by atoms with Crippen LogP contribution in [0.5, 0.6) is 5.88 Å². The van der Waals surface area contributed by atoms with Crippen LogP contribution in [0, 0.1) is 0 Å². The van der Waals surface area contributed by atoms with Crippen LogP contribution in [-0.2, 0) is 16.1 Å². The van der Waals surface area contributed by atoms with E-state index >= 15 is 0 Å². The van der Waals surface area contributed by atoms with Gasteiger partial charge in [-0.15, -0.1) is 5.10 Å². The van der Waals surface area contributed by atoms with E-state index in [9.17, 15) is 4.79 Å². The summed E-state index contributed by atoms with van der Waals surface area (Å²) in [5, 5.41) is 7.66. The molecule has 8 nitrogen and oxygen atoms in total. The number of rotatable bonds is 5. The number of hydrogen-bond acceptors (Lipinski definition) is 6. The highest BCUT2D eigenvalue weighted by Gasteiger charge is 2.53. The zero-order valence-corrected chi connectivity index (χ0v) is 14.8. The Morgan fingerprint density at radius 1 is 1.35 bits per heavy atom. The molecule has 1 amide bonds. The van der Waals surface area contributed by atoms with E-state index in [2.05, 4.69) is 15.3 Å². The molecule has 1 aliphatic heterocycles. The molecule has 1 aliphatic carbocycles. The van der Waals surface area contributed by atoms with Crippen molar-refractivity contribution < 1.29 is 14.3 Å². The number of nitrogens with zero attached hydrogens (tertiary/aromatic N) is 5. The average molecular weight is 357 g/mol. The molecule has 0 spiro atoms. The van der Waals surface area contributed by atoms with Crippen molar-refractivity contribution in [3.8, 4) is 5.88 Å². The molecule has 1 saturated heterocycles. The van der Waals surface area contributed by atoms with Crippen molar-refractivity contribution in [1.29, 1.82) is 0 Å². The van der Waals surface area contributed by atoms with Gasteiger partial charge in [-0.25, -0.2) is 9.67 Å². The van der Waals surface area contributed by atoms with E-state index in [1.54, 1.807) is 30.4 Å². The maximum absolute atomic E-state index is 12.8. The number of fused-ring (bicyclic) bond motifs is 1. The van der Waals surface area contributed by atoms with Crippen molar-refractivity contribution in [3.05, 3.63) is 36.8 Å². The minimum Gasteiger partial charge on any atom is -0.474 e. The number of hydrogen-bond donors (Lipinski definition) is 0. The van der Waals surface area contributed by atoms with Crippen LogP contribution in [0.15, 0.2) is 36.8 Å². The van der Waals surface area contributed by atoms with Crippen LogP contribution in [0.3, 0.4) is 0 Å².